The minimum atomic E-state index is 0.656. The molecule has 4 nitrogen and oxygen atoms in total. The van der Waals surface area contributed by atoms with Crippen molar-refractivity contribution in [3.63, 3.8) is 0 Å². The third-order valence-electron chi connectivity index (χ3n) is 2.76. The molecular weight excluding hydrogens is 383 g/mol. The Kier molecular flexibility index (Phi) is 3.93. The number of nitrogens with one attached hydrogen (secondary N) is 1. The van der Waals surface area contributed by atoms with Crippen LogP contribution < -0.4 is 5.32 Å². The normalized spacial score (nSPS) is 10.5. The smallest absolute Gasteiger partial charge is 0.191 e. The summed E-state index contributed by atoms with van der Waals surface area (Å²) >= 11 is 3.81. The summed E-state index contributed by atoms with van der Waals surface area (Å²) in [6, 6.07) is 10.1. The fourth-order valence-electron chi connectivity index (χ4n) is 1.83. The van der Waals surface area contributed by atoms with E-state index in [0.29, 0.717) is 5.82 Å². The Hall–Kier alpha value is -1.54. The predicted octanol–water partition coefficient (Wildman–Crippen LogP) is 3.91. The molecule has 0 bridgehead atoms. The van der Waals surface area contributed by atoms with Crippen LogP contribution in [0.4, 0.5) is 5.82 Å². The van der Waals surface area contributed by atoms with Gasteiger partial charge < -0.3 is 5.32 Å². The van der Waals surface area contributed by atoms with Gasteiger partial charge in [0.05, 0.1) is 9.26 Å². The molecule has 1 aromatic carbocycles. The zero-order valence-corrected chi connectivity index (χ0v) is 13.6. The molecular formula is C14H11IN4S. The Morgan fingerprint density at radius 2 is 1.95 bits per heavy atom. The molecule has 0 unspecified atom stereocenters. The number of nitrogens with zero attached hydrogens (tertiary/aromatic N) is 3. The standard InChI is InChI=1S/C14H11IN4S/c1-16-12-10(15)11(9-5-3-2-4-6-9)18-13(19-12)14-17-7-8-20-14/h2-8H,1H3,(H,16,18,19). The van der Waals surface area contributed by atoms with Crippen molar-refractivity contribution in [2.24, 2.45) is 0 Å². The van der Waals surface area contributed by atoms with E-state index in [1.165, 1.54) is 11.3 Å². The van der Waals surface area contributed by atoms with E-state index in [4.69, 9.17) is 0 Å². The maximum Gasteiger partial charge on any atom is 0.191 e. The molecule has 20 heavy (non-hydrogen) atoms. The number of benzene rings is 1. The lowest BCUT2D eigenvalue weighted by Gasteiger charge is -2.10. The minimum Gasteiger partial charge on any atom is -0.372 e. The fraction of sp³-hybridized carbons (Fsp3) is 0.0714. The lowest BCUT2D eigenvalue weighted by atomic mass is 10.1. The van der Waals surface area contributed by atoms with Crippen molar-refractivity contribution in [1.29, 1.82) is 0 Å². The summed E-state index contributed by atoms with van der Waals surface area (Å²) in [4.78, 5) is 13.5. The van der Waals surface area contributed by atoms with Gasteiger partial charge in [0.25, 0.3) is 0 Å². The molecule has 3 aromatic rings. The van der Waals surface area contributed by atoms with Gasteiger partial charge in [-0.3, -0.25) is 0 Å². The third kappa shape index (κ3) is 2.53. The molecule has 0 atom stereocenters. The Morgan fingerprint density at radius 3 is 2.60 bits per heavy atom. The van der Waals surface area contributed by atoms with E-state index >= 15 is 0 Å². The number of hydrogen-bond donors (Lipinski definition) is 1. The molecule has 0 radical (unpaired) electrons. The van der Waals surface area contributed by atoms with Gasteiger partial charge in [-0.1, -0.05) is 30.3 Å². The Labute approximate surface area is 134 Å². The molecule has 0 aliphatic rings. The number of thiazole rings is 1. The quantitative estimate of drug-likeness (QED) is 0.685. The van der Waals surface area contributed by atoms with Crippen molar-refractivity contribution >= 4 is 39.7 Å². The third-order valence-corrected chi connectivity index (χ3v) is 4.55. The summed E-state index contributed by atoms with van der Waals surface area (Å²) in [5.41, 5.74) is 2.00. The molecule has 0 saturated carbocycles. The van der Waals surface area contributed by atoms with Gasteiger partial charge in [0, 0.05) is 24.2 Å². The topological polar surface area (TPSA) is 50.7 Å². The average Bonchev–Trinajstić information content (AvgIpc) is 3.03. The molecule has 0 aliphatic carbocycles. The molecule has 0 spiro atoms. The first-order chi connectivity index (χ1) is 9.79. The molecule has 0 amide bonds. The van der Waals surface area contributed by atoms with Crippen molar-refractivity contribution in [3.8, 4) is 22.1 Å². The van der Waals surface area contributed by atoms with Gasteiger partial charge in [0.2, 0.25) is 0 Å². The summed E-state index contributed by atoms with van der Waals surface area (Å²) in [6.07, 6.45) is 1.77. The van der Waals surface area contributed by atoms with E-state index in [9.17, 15) is 0 Å². The van der Waals surface area contributed by atoms with Crippen LogP contribution >= 0.6 is 33.9 Å². The molecule has 2 heterocycles. The summed E-state index contributed by atoms with van der Waals surface area (Å²) < 4.78 is 1.01. The first-order valence-corrected chi connectivity index (χ1v) is 7.96. The Bertz CT molecular complexity index is 714. The molecule has 100 valence electrons. The zero-order chi connectivity index (χ0) is 13.9. The highest BCUT2D eigenvalue weighted by atomic mass is 127. The number of aromatic nitrogens is 3. The average molecular weight is 394 g/mol. The van der Waals surface area contributed by atoms with Gasteiger partial charge in [-0.15, -0.1) is 11.3 Å². The highest BCUT2D eigenvalue weighted by molar-refractivity contribution is 14.1. The maximum absolute atomic E-state index is 4.68. The van der Waals surface area contributed by atoms with Gasteiger partial charge in [-0.05, 0) is 22.6 Å². The van der Waals surface area contributed by atoms with Crippen LogP contribution in [0.1, 0.15) is 0 Å². The van der Waals surface area contributed by atoms with Gasteiger partial charge in [0.15, 0.2) is 10.8 Å². The summed E-state index contributed by atoms with van der Waals surface area (Å²) in [5, 5.41) is 5.88. The zero-order valence-electron chi connectivity index (χ0n) is 10.7. The van der Waals surface area contributed by atoms with E-state index in [-0.39, 0.29) is 0 Å². The van der Waals surface area contributed by atoms with E-state index < -0.39 is 0 Å². The molecule has 0 saturated heterocycles. The summed E-state index contributed by atoms with van der Waals surface area (Å²) in [5.74, 6) is 1.48. The molecule has 0 aliphatic heterocycles. The number of halogens is 1. The Balaban J connectivity index is 2.21. The number of hydrogen-bond acceptors (Lipinski definition) is 5. The van der Waals surface area contributed by atoms with Crippen LogP contribution in [0.25, 0.3) is 22.1 Å². The Morgan fingerprint density at radius 1 is 1.15 bits per heavy atom. The van der Waals surface area contributed by atoms with E-state index in [1.807, 2.05) is 30.6 Å². The van der Waals surface area contributed by atoms with Crippen molar-refractivity contribution in [1.82, 2.24) is 15.0 Å². The number of anilines is 1. The fourth-order valence-corrected chi connectivity index (χ4v) is 3.22. The van der Waals surface area contributed by atoms with Crippen molar-refractivity contribution in [2.75, 3.05) is 12.4 Å². The minimum absolute atomic E-state index is 0.656. The molecule has 2 aromatic heterocycles. The van der Waals surface area contributed by atoms with Crippen LogP contribution in [0.3, 0.4) is 0 Å². The van der Waals surface area contributed by atoms with E-state index in [2.05, 4.69) is 55.0 Å². The molecule has 3 rings (SSSR count). The molecule has 6 heteroatoms. The van der Waals surface area contributed by atoms with Crippen LogP contribution in [0.2, 0.25) is 0 Å². The van der Waals surface area contributed by atoms with Crippen molar-refractivity contribution < 1.29 is 0 Å². The summed E-state index contributed by atoms with van der Waals surface area (Å²) in [6.45, 7) is 0. The monoisotopic (exact) mass is 394 g/mol. The molecule has 0 fully saturated rings. The van der Waals surface area contributed by atoms with Crippen LogP contribution in [0, 0.1) is 3.57 Å². The summed E-state index contributed by atoms with van der Waals surface area (Å²) in [7, 11) is 1.87. The second kappa shape index (κ2) is 5.84. The van der Waals surface area contributed by atoms with Gasteiger partial charge in [-0.25, -0.2) is 15.0 Å². The maximum atomic E-state index is 4.68. The lowest BCUT2D eigenvalue weighted by molar-refractivity contribution is 1.14. The number of rotatable bonds is 3. The SMILES string of the molecule is CNc1nc(-c2nccs2)nc(-c2ccccc2)c1I. The van der Waals surface area contributed by atoms with Crippen LogP contribution in [0.15, 0.2) is 41.9 Å². The van der Waals surface area contributed by atoms with E-state index in [0.717, 1.165) is 25.7 Å². The molecule has 1 N–H and O–H groups in total. The predicted molar refractivity (Wildman–Crippen MR) is 90.8 cm³/mol. The van der Waals surface area contributed by atoms with Crippen LogP contribution in [-0.2, 0) is 0 Å². The highest BCUT2D eigenvalue weighted by Gasteiger charge is 2.15. The van der Waals surface area contributed by atoms with E-state index in [1.54, 1.807) is 6.20 Å². The largest absolute Gasteiger partial charge is 0.372 e. The van der Waals surface area contributed by atoms with Gasteiger partial charge in [-0.2, -0.15) is 0 Å². The second-order valence-corrected chi connectivity index (χ2v) is 5.99. The highest BCUT2D eigenvalue weighted by Crippen LogP contribution is 2.30. The van der Waals surface area contributed by atoms with Crippen LogP contribution in [-0.4, -0.2) is 22.0 Å². The van der Waals surface area contributed by atoms with Gasteiger partial charge >= 0.3 is 0 Å². The van der Waals surface area contributed by atoms with Crippen molar-refractivity contribution in [2.45, 2.75) is 0 Å². The lowest BCUT2D eigenvalue weighted by Crippen LogP contribution is -2.02. The first-order valence-electron chi connectivity index (χ1n) is 6.00. The van der Waals surface area contributed by atoms with Crippen LogP contribution in [0.5, 0.6) is 0 Å². The van der Waals surface area contributed by atoms with Crippen molar-refractivity contribution in [3.05, 3.63) is 45.5 Å². The van der Waals surface area contributed by atoms with Gasteiger partial charge in [0.1, 0.15) is 5.82 Å². The second-order valence-electron chi connectivity index (χ2n) is 4.01. The first kappa shape index (κ1) is 13.4.